The molecule has 1 aromatic carbocycles. The number of halogens is 1. The van der Waals surface area contributed by atoms with E-state index in [0.29, 0.717) is 40.2 Å². The monoisotopic (exact) mass is 505 g/mol. The van der Waals surface area contributed by atoms with Crippen LogP contribution in [0.2, 0.25) is 0 Å². The fraction of sp³-hybridized carbons (Fsp3) is 0.280. The SMILES string of the molecule is Cc1onc(-c2ccc(F)cc2)c1COc1cnc(-c2nnc3n2C=CN(C(=O)OC(C)(C)C)C3)cn1. The third-order valence-corrected chi connectivity index (χ3v) is 5.43. The van der Waals surface area contributed by atoms with Gasteiger partial charge in [0.05, 0.1) is 24.5 Å². The predicted octanol–water partition coefficient (Wildman–Crippen LogP) is 4.60. The maximum Gasteiger partial charge on any atom is 0.414 e. The van der Waals surface area contributed by atoms with Gasteiger partial charge in [-0.3, -0.25) is 9.47 Å². The van der Waals surface area contributed by atoms with Gasteiger partial charge in [0.2, 0.25) is 5.88 Å². The molecule has 11 nitrogen and oxygen atoms in total. The maximum atomic E-state index is 13.3. The highest BCUT2D eigenvalue weighted by Gasteiger charge is 2.26. The van der Waals surface area contributed by atoms with Gasteiger partial charge in [-0.05, 0) is 52.0 Å². The van der Waals surface area contributed by atoms with Crippen LogP contribution in [0.4, 0.5) is 9.18 Å². The molecule has 0 bridgehead atoms. The summed E-state index contributed by atoms with van der Waals surface area (Å²) in [4.78, 5) is 22.5. The molecule has 1 amide bonds. The van der Waals surface area contributed by atoms with E-state index >= 15 is 0 Å². The van der Waals surface area contributed by atoms with Crippen molar-refractivity contribution < 1.29 is 23.2 Å². The summed E-state index contributed by atoms with van der Waals surface area (Å²) in [5.41, 5.74) is 1.89. The maximum absolute atomic E-state index is 13.3. The molecule has 190 valence electrons. The first-order chi connectivity index (χ1) is 17.7. The molecular formula is C25H24FN7O4. The molecule has 12 heteroatoms. The lowest BCUT2D eigenvalue weighted by atomic mass is 10.1. The van der Waals surface area contributed by atoms with E-state index in [-0.39, 0.29) is 19.0 Å². The van der Waals surface area contributed by atoms with Gasteiger partial charge in [0.15, 0.2) is 11.6 Å². The van der Waals surface area contributed by atoms with Gasteiger partial charge in [-0.15, -0.1) is 10.2 Å². The molecule has 3 aromatic heterocycles. The van der Waals surface area contributed by atoms with Gasteiger partial charge < -0.3 is 14.0 Å². The first kappa shape index (κ1) is 24.1. The number of carbonyl (C=O) groups excluding carboxylic acids is 1. The highest BCUT2D eigenvalue weighted by atomic mass is 19.1. The van der Waals surface area contributed by atoms with E-state index in [1.165, 1.54) is 29.4 Å². The number of nitrogens with zero attached hydrogens (tertiary/aromatic N) is 7. The highest BCUT2D eigenvalue weighted by molar-refractivity contribution is 5.71. The lowest BCUT2D eigenvalue weighted by molar-refractivity contribution is 0.0316. The van der Waals surface area contributed by atoms with Gasteiger partial charge in [-0.1, -0.05) is 5.16 Å². The molecule has 4 aromatic rings. The lowest BCUT2D eigenvalue weighted by Crippen LogP contribution is -2.35. The zero-order chi connectivity index (χ0) is 26.2. The number of benzene rings is 1. The first-order valence-electron chi connectivity index (χ1n) is 11.5. The largest absolute Gasteiger partial charge is 0.471 e. The Morgan fingerprint density at radius 3 is 2.59 bits per heavy atom. The van der Waals surface area contributed by atoms with Crippen LogP contribution in [0.15, 0.2) is 47.4 Å². The molecule has 0 N–H and O–H groups in total. The van der Waals surface area contributed by atoms with Crippen molar-refractivity contribution in [2.45, 2.75) is 46.4 Å². The van der Waals surface area contributed by atoms with Gasteiger partial charge >= 0.3 is 6.09 Å². The van der Waals surface area contributed by atoms with Gasteiger partial charge in [0, 0.05) is 18.0 Å². The first-order valence-corrected chi connectivity index (χ1v) is 11.5. The van der Waals surface area contributed by atoms with Crippen molar-refractivity contribution in [2.24, 2.45) is 0 Å². The predicted molar refractivity (Wildman–Crippen MR) is 129 cm³/mol. The van der Waals surface area contributed by atoms with E-state index in [9.17, 15) is 9.18 Å². The Morgan fingerprint density at radius 2 is 1.89 bits per heavy atom. The van der Waals surface area contributed by atoms with Crippen LogP contribution < -0.4 is 4.74 Å². The van der Waals surface area contributed by atoms with E-state index < -0.39 is 11.7 Å². The van der Waals surface area contributed by atoms with Crippen molar-refractivity contribution in [3.05, 3.63) is 65.8 Å². The number of aryl methyl sites for hydroxylation is 1. The topological polar surface area (TPSA) is 121 Å². The standard InChI is InChI=1S/C25H24FN7O4/c1-15-18(22(31-37-15)16-5-7-17(26)8-6-16)14-35-21-12-27-19(11-28-21)23-30-29-20-13-32(9-10-33(20)23)24(34)36-25(2,3)4/h5-12H,13-14H2,1-4H3. The molecule has 0 fully saturated rings. The van der Waals surface area contributed by atoms with Crippen LogP contribution in [-0.2, 0) is 17.9 Å². The quantitative estimate of drug-likeness (QED) is 0.383. The Labute approximate surface area is 211 Å². The van der Waals surface area contributed by atoms with Crippen LogP contribution in [0.3, 0.4) is 0 Å². The van der Waals surface area contributed by atoms with Crippen molar-refractivity contribution in [2.75, 3.05) is 0 Å². The number of aromatic nitrogens is 6. The third-order valence-electron chi connectivity index (χ3n) is 5.43. The van der Waals surface area contributed by atoms with Gasteiger partial charge in [0.25, 0.3) is 0 Å². The minimum atomic E-state index is -0.601. The molecule has 4 heterocycles. The zero-order valence-electron chi connectivity index (χ0n) is 20.7. The summed E-state index contributed by atoms with van der Waals surface area (Å²) in [7, 11) is 0. The number of fused-ring (bicyclic) bond motifs is 1. The van der Waals surface area contributed by atoms with E-state index in [0.717, 1.165) is 5.56 Å². The smallest absolute Gasteiger partial charge is 0.414 e. The third kappa shape index (κ3) is 5.17. The average molecular weight is 506 g/mol. The lowest BCUT2D eigenvalue weighted by Gasteiger charge is -2.26. The molecule has 5 rings (SSSR count). The molecule has 1 aliphatic rings. The van der Waals surface area contributed by atoms with E-state index in [4.69, 9.17) is 14.0 Å². The molecule has 37 heavy (non-hydrogen) atoms. The van der Waals surface area contributed by atoms with Crippen LogP contribution in [0.25, 0.3) is 29.0 Å². The molecule has 0 saturated carbocycles. The number of hydrogen-bond acceptors (Lipinski definition) is 9. The molecule has 0 saturated heterocycles. The summed E-state index contributed by atoms with van der Waals surface area (Å²) in [6.45, 7) is 7.55. The fourth-order valence-corrected chi connectivity index (χ4v) is 3.61. The summed E-state index contributed by atoms with van der Waals surface area (Å²) in [5.74, 6) is 1.58. The van der Waals surface area contributed by atoms with Crippen molar-refractivity contribution in [1.29, 1.82) is 0 Å². The molecule has 0 unspecified atom stereocenters. The summed E-state index contributed by atoms with van der Waals surface area (Å²) < 4.78 is 31.6. The Morgan fingerprint density at radius 1 is 1.11 bits per heavy atom. The average Bonchev–Trinajstić information content (AvgIpc) is 3.45. The van der Waals surface area contributed by atoms with Crippen LogP contribution in [0.5, 0.6) is 5.88 Å². The zero-order valence-corrected chi connectivity index (χ0v) is 20.7. The second-order valence-corrected chi connectivity index (χ2v) is 9.32. The number of rotatable bonds is 5. The number of ether oxygens (including phenoxy) is 2. The number of amides is 1. The summed E-state index contributed by atoms with van der Waals surface area (Å²) in [6.07, 6.45) is 5.83. The van der Waals surface area contributed by atoms with Gasteiger partial charge in [0.1, 0.15) is 35.2 Å². The molecule has 0 atom stereocenters. The van der Waals surface area contributed by atoms with Crippen molar-refractivity contribution in [1.82, 2.24) is 34.8 Å². The van der Waals surface area contributed by atoms with Crippen molar-refractivity contribution in [3.8, 4) is 28.7 Å². The minimum absolute atomic E-state index is 0.139. The number of hydrogen-bond donors (Lipinski definition) is 0. The molecular weight excluding hydrogens is 481 g/mol. The highest BCUT2D eigenvalue weighted by Crippen LogP contribution is 2.27. The van der Waals surface area contributed by atoms with Crippen molar-refractivity contribution in [3.63, 3.8) is 0 Å². The fourth-order valence-electron chi connectivity index (χ4n) is 3.61. The van der Waals surface area contributed by atoms with Crippen LogP contribution >= 0.6 is 0 Å². The molecule has 0 radical (unpaired) electrons. The van der Waals surface area contributed by atoms with Crippen LogP contribution in [-0.4, -0.2) is 46.5 Å². The number of carbonyl (C=O) groups is 1. The minimum Gasteiger partial charge on any atom is -0.471 e. The Balaban J connectivity index is 1.27. The Bertz CT molecular complexity index is 1450. The second kappa shape index (κ2) is 9.45. The normalized spacial score (nSPS) is 12.9. The van der Waals surface area contributed by atoms with Crippen LogP contribution in [0.1, 0.15) is 37.9 Å². The molecule has 1 aliphatic heterocycles. The Kier molecular flexibility index (Phi) is 6.15. The molecule has 0 spiro atoms. The summed E-state index contributed by atoms with van der Waals surface area (Å²) >= 11 is 0. The van der Waals surface area contributed by atoms with Crippen LogP contribution in [0, 0.1) is 12.7 Å². The van der Waals surface area contributed by atoms with E-state index in [2.05, 4.69) is 25.3 Å². The van der Waals surface area contributed by atoms with E-state index in [1.807, 2.05) is 20.8 Å². The second-order valence-electron chi connectivity index (χ2n) is 9.32. The van der Waals surface area contributed by atoms with Gasteiger partial charge in [-0.2, -0.15) is 0 Å². The summed E-state index contributed by atoms with van der Waals surface area (Å²) in [6, 6.07) is 5.99. The van der Waals surface area contributed by atoms with Crippen molar-refractivity contribution >= 4 is 12.3 Å². The van der Waals surface area contributed by atoms with E-state index in [1.54, 1.807) is 36.0 Å². The Hall–Kier alpha value is -4.61. The summed E-state index contributed by atoms with van der Waals surface area (Å²) in [5, 5.41) is 12.5. The van der Waals surface area contributed by atoms with Gasteiger partial charge in [-0.25, -0.2) is 19.2 Å². The molecule has 0 aliphatic carbocycles.